The minimum Gasteiger partial charge on any atom is -0.465 e. The first-order valence-corrected chi connectivity index (χ1v) is 3.34. The van der Waals surface area contributed by atoms with E-state index in [2.05, 4.69) is 5.32 Å². The Hall–Kier alpha value is -1.06. The molecule has 0 aliphatic carbocycles. The Kier molecular flexibility index (Phi) is 3.04. The first-order valence-electron chi connectivity index (χ1n) is 3.34. The average Bonchev–Trinajstić information content (AvgIpc) is 1.53. The molecular formula is C7H13NO3. The van der Waals surface area contributed by atoms with E-state index in [1.165, 1.54) is 6.92 Å². The molecule has 4 heteroatoms. The Balaban J connectivity index is 3.99. The molecule has 0 rings (SSSR count). The summed E-state index contributed by atoms with van der Waals surface area (Å²) in [7, 11) is 0. The molecule has 4 nitrogen and oxygen atoms in total. The second kappa shape index (κ2) is 3.37. The largest absolute Gasteiger partial charge is 0.465 e. The molecule has 0 saturated carbocycles. The lowest BCUT2D eigenvalue weighted by Crippen LogP contribution is -2.43. The standard InChI is InChI=1S/C7H13NO3/c1-5(9)4-7(2,3)8-6(10)11/h8H,4H2,1-3H3,(H,10,11). The van der Waals surface area contributed by atoms with Gasteiger partial charge in [-0.25, -0.2) is 4.79 Å². The number of carbonyl (C=O) groups is 2. The van der Waals surface area contributed by atoms with Crippen LogP contribution in [0.3, 0.4) is 0 Å². The van der Waals surface area contributed by atoms with Crippen molar-refractivity contribution in [2.24, 2.45) is 0 Å². The topological polar surface area (TPSA) is 66.4 Å². The van der Waals surface area contributed by atoms with Crippen LogP contribution in [0, 0.1) is 0 Å². The van der Waals surface area contributed by atoms with Gasteiger partial charge in [0.15, 0.2) is 0 Å². The molecule has 0 aromatic carbocycles. The van der Waals surface area contributed by atoms with Gasteiger partial charge in [0.25, 0.3) is 0 Å². The van der Waals surface area contributed by atoms with Crippen LogP contribution in [0.2, 0.25) is 0 Å². The molecule has 0 unspecified atom stereocenters. The van der Waals surface area contributed by atoms with Crippen molar-refractivity contribution in [2.75, 3.05) is 0 Å². The average molecular weight is 159 g/mol. The van der Waals surface area contributed by atoms with Crippen molar-refractivity contribution in [3.63, 3.8) is 0 Å². The summed E-state index contributed by atoms with van der Waals surface area (Å²) < 4.78 is 0. The lowest BCUT2D eigenvalue weighted by atomic mass is 9.99. The van der Waals surface area contributed by atoms with Crippen LogP contribution in [-0.4, -0.2) is 22.5 Å². The third-order valence-corrected chi connectivity index (χ3v) is 1.14. The Bertz CT molecular complexity index is 157. The second-order valence-electron chi connectivity index (χ2n) is 3.19. The molecule has 0 radical (unpaired) electrons. The van der Waals surface area contributed by atoms with Crippen molar-refractivity contribution in [1.29, 1.82) is 0 Å². The summed E-state index contributed by atoms with van der Waals surface area (Å²) >= 11 is 0. The fraction of sp³-hybridized carbons (Fsp3) is 0.714. The summed E-state index contributed by atoms with van der Waals surface area (Å²) in [4.78, 5) is 20.8. The SMILES string of the molecule is CC(=O)CC(C)(C)NC(=O)O. The number of hydrogen-bond donors (Lipinski definition) is 2. The lowest BCUT2D eigenvalue weighted by molar-refractivity contribution is -0.118. The van der Waals surface area contributed by atoms with Crippen LogP contribution in [0.1, 0.15) is 27.2 Å². The van der Waals surface area contributed by atoms with E-state index in [9.17, 15) is 9.59 Å². The summed E-state index contributed by atoms with van der Waals surface area (Å²) in [6, 6.07) is 0. The molecule has 1 amide bonds. The van der Waals surface area contributed by atoms with E-state index in [0.29, 0.717) is 0 Å². The van der Waals surface area contributed by atoms with E-state index >= 15 is 0 Å². The van der Waals surface area contributed by atoms with Gasteiger partial charge in [-0.2, -0.15) is 0 Å². The normalized spacial score (nSPS) is 10.8. The highest BCUT2D eigenvalue weighted by molar-refractivity contribution is 5.77. The van der Waals surface area contributed by atoms with Crippen LogP contribution >= 0.6 is 0 Å². The molecule has 0 aliphatic heterocycles. The predicted molar refractivity (Wildman–Crippen MR) is 40.5 cm³/mol. The van der Waals surface area contributed by atoms with E-state index in [0.717, 1.165) is 0 Å². The molecule has 0 aliphatic rings. The highest BCUT2D eigenvalue weighted by Gasteiger charge is 2.21. The van der Waals surface area contributed by atoms with Gasteiger partial charge in [-0.15, -0.1) is 0 Å². The van der Waals surface area contributed by atoms with Crippen LogP contribution in [-0.2, 0) is 4.79 Å². The number of ketones is 1. The Morgan fingerprint density at radius 1 is 1.45 bits per heavy atom. The third-order valence-electron chi connectivity index (χ3n) is 1.14. The lowest BCUT2D eigenvalue weighted by Gasteiger charge is -2.22. The van der Waals surface area contributed by atoms with Crippen molar-refractivity contribution >= 4 is 11.9 Å². The number of nitrogens with one attached hydrogen (secondary N) is 1. The molecule has 0 fully saturated rings. The Morgan fingerprint density at radius 2 is 1.91 bits per heavy atom. The number of hydrogen-bond acceptors (Lipinski definition) is 2. The number of amides is 1. The van der Waals surface area contributed by atoms with Gasteiger partial charge in [0.1, 0.15) is 5.78 Å². The van der Waals surface area contributed by atoms with Gasteiger partial charge in [0.2, 0.25) is 0 Å². The van der Waals surface area contributed by atoms with Gasteiger partial charge < -0.3 is 10.4 Å². The van der Waals surface area contributed by atoms with Crippen molar-refractivity contribution in [3.05, 3.63) is 0 Å². The zero-order valence-electron chi connectivity index (χ0n) is 6.97. The van der Waals surface area contributed by atoms with Crippen LogP contribution in [0.4, 0.5) is 4.79 Å². The molecule has 0 aromatic rings. The molecule has 0 saturated heterocycles. The van der Waals surface area contributed by atoms with Gasteiger partial charge in [-0.1, -0.05) is 0 Å². The maximum atomic E-state index is 10.6. The minimum absolute atomic E-state index is 0.0243. The smallest absolute Gasteiger partial charge is 0.405 e. The summed E-state index contributed by atoms with van der Waals surface area (Å²) in [5.74, 6) is -0.0243. The van der Waals surface area contributed by atoms with Crippen molar-refractivity contribution in [3.8, 4) is 0 Å². The first kappa shape index (κ1) is 9.94. The number of Topliss-reactive ketones (excluding diaryl/α,β-unsaturated/α-hetero) is 1. The second-order valence-corrected chi connectivity index (χ2v) is 3.19. The van der Waals surface area contributed by atoms with Gasteiger partial charge in [0, 0.05) is 12.0 Å². The zero-order chi connectivity index (χ0) is 9.07. The fourth-order valence-electron chi connectivity index (χ4n) is 0.956. The molecule has 0 heterocycles. The van der Waals surface area contributed by atoms with Gasteiger partial charge in [-0.05, 0) is 20.8 Å². The van der Waals surface area contributed by atoms with Crippen molar-refractivity contribution < 1.29 is 14.7 Å². The van der Waals surface area contributed by atoms with Crippen LogP contribution in [0.15, 0.2) is 0 Å². The summed E-state index contributed by atoms with van der Waals surface area (Å²) in [6.45, 7) is 4.77. The molecule has 0 spiro atoms. The third kappa shape index (κ3) is 5.39. The highest BCUT2D eigenvalue weighted by Crippen LogP contribution is 2.07. The van der Waals surface area contributed by atoms with Gasteiger partial charge >= 0.3 is 6.09 Å². The van der Waals surface area contributed by atoms with Gasteiger partial charge in [0.05, 0.1) is 0 Å². The molecule has 64 valence electrons. The van der Waals surface area contributed by atoms with Crippen molar-refractivity contribution in [1.82, 2.24) is 5.32 Å². The summed E-state index contributed by atoms with van der Waals surface area (Å²) in [5, 5.41) is 10.6. The maximum absolute atomic E-state index is 10.6. The van der Waals surface area contributed by atoms with Crippen LogP contribution in [0.25, 0.3) is 0 Å². The minimum atomic E-state index is -1.10. The monoisotopic (exact) mass is 159 g/mol. The quantitative estimate of drug-likeness (QED) is 0.645. The molecule has 2 N–H and O–H groups in total. The summed E-state index contributed by atoms with van der Waals surface area (Å²) in [6.07, 6.45) is -0.879. The predicted octanol–water partition coefficient (Wildman–Crippen LogP) is 1.01. The number of carbonyl (C=O) groups excluding carboxylic acids is 1. The zero-order valence-corrected chi connectivity index (χ0v) is 6.97. The fourth-order valence-corrected chi connectivity index (χ4v) is 0.956. The maximum Gasteiger partial charge on any atom is 0.405 e. The van der Waals surface area contributed by atoms with E-state index < -0.39 is 11.6 Å². The first-order chi connectivity index (χ1) is 4.83. The molecule has 0 aromatic heterocycles. The molecule has 0 atom stereocenters. The molecule has 0 bridgehead atoms. The van der Waals surface area contributed by atoms with E-state index in [4.69, 9.17) is 5.11 Å². The highest BCUT2D eigenvalue weighted by atomic mass is 16.4. The van der Waals surface area contributed by atoms with Crippen LogP contribution < -0.4 is 5.32 Å². The molecular weight excluding hydrogens is 146 g/mol. The van der Waals surface area contributed by atoms with E-state index in [1.54, 1.807) is 13.8 Å². The number of carboxylic acid groups (broad SMARTS) is 1. The Labute approximate surface area is 65.6 Å². The van der Waals surface area contributed by atoms with Crippen LogP contribution in [0.5, 0.6) is 0 Å². The van der Waals surface area contributed by atoms with E-state index in [-0.39, 0.29) is 12.2 Å². The summed E-state index contributed by atoms with van der Waals surface area (Å²) in [5.41, 5.74) is -0.655. The Morgan fingerprint density at radius 3 is 2.18 bits per heavy atom. The molecule has 11 heavy (non-hydrogen) atoms. The number of rotatable bonds is 3. The van der Waals surface area contributed by atoms with E-state index in [1.807, 2.05) is 0 Å². The van der Waals surface area contributed by atoms with Gasteiger partial charge in [-0.3, -0.25) is 4.79 Å². The van der Waals surface area contributed by atoms with Crippen molar-refractivity contribution in [2.45, 2.75) is 32.7 Å².